The Kier molecular flexibility index (Phi) is 4.88. The lowest BCUT2D eigenvalue weighted by Gasteiger charge is -2.12. The average molecular weight is 147 g/mol. The zero-order valence-corrected chi connectivity index (χ0v) is 6.33. The van der Waals surface area contributed by atoms with Crippen molar-refractivity contribution in [3.63, 3.8) is 0 Å². The number of rotatable bonds is 4. The van der Waals surface area contributed by atoms with Gasteiger partial charge in [0.25, 0.3) is 0 Å². The minimum atomic E-state index is -0.326. The van der Waals surface area contributed by atoms with Crippen LogP contribution in [0.3, 0.4) is 0 Å². The molecule has 4 nitrogen and oxygen atoms in total. The molecule has 0 rings (SSSR count). The van der Waals surface area contributed by atoms with E-state index in [1.165, 1.54) is 0 Å². The summed E-state index contributed by atoms with van der Waals surface area (Å²) in [4.78, 5) is 10.6. The van der Waals surface area contributed by atoms with Crippen LogP contribution in [0.25, 0.3) is 0 Å². The number of hydrogen-bond acceptors (Lipinski definition) is 3. The zero-order valence-electron chi connectivity index (χ0n) is 6.33. The molecule has 4 heteroatoms. The van der Waals surface area contributed by atoms with Gasteiger partial charge in [-0.05, 0) is 6.92 Å². The van der Waals surface area contributed by atoms with E-state index in [4.69, 9.17) is 9.94 Å². The summed E-state index contributed by atoms with van der Waals surface area (Å²) >= 11 is 0. The minimum absolute atomic E-state index is 0.0385. The molecule has 0 saturated carbocycles. The molecular formula is C6H13NO3. The van der Waals surface area contributed by atoms with Crippen molar-refractivity contribution in [1.29, 1.82) is 0 Å². The van der Waals surface area contributed by atoms with Gasteiger partial charge in [0.2, 0.25) is 5.91 Å². The number of carbonyl (C=O) groups excluding carboxylic acids is 1. The topological polar surface area (TPSA) is 49.8 Å². The molecule has 60 valence electrons. The molecule has 0 unspecified atom stereocenters. The van der Waals surface area contributed by atoms with E-state index in [9.17, 15) is 4.79 Å². The summed E-state index contributed by atoms with van der Waals surface area (Å²) in [5.74, 6) is -0.326. The van der Waals surface area contributed by atoms with Crippen LogP contribution in [0.15, 0.2) is 0 Å². The molecule has 0 saturated heterocycles. The third-order valence-corrected chi connectivity index (χ3v) is 1.01. The maximum atomic E-state index is 10.6. The quantitative estimate of drug-likeness (QED) is 0.360. The lowest BCUT2D eigenvalue weighted by molar-refractivity contribution is -0.186. The maximum Gasteiger partial charge on any atom is 0.247 e. The standard InChI is InChI=1S/C6H13NO3/c1-3-6(8)7(9)5-10-4-2/h9H,3-5H2,1-2H3. The first kappa shape index (κ1) is 9.39. The van der Waals surface area contributed by atoms with Crippen LogP contribution >= 0.6 is 0 Å². The summed E-state index contributed by atoms with van der Waals surface area (Å²) in [5, 5.41) is 9.38. The number of hydrogen-bond donors (Lipinski definition) is 1. The van der Waals surface area contributed by atoms with Crippen molar-refractivity contribution in [2.24, 2.45) is 0 Å². The van der Waals surface area contributed by atoms with Gasteiger partial charge in [-0.15, -0.1) is 0 Å². The van der Waals surface area contributed by atoms with Gasteiger partial charge < -0.3 is 4.74 Å². The SMILES string of the molecule is CCOCN(O)C(=O)CC. The van der Waals surface area contributed by atoms with Crippen LogP contribution in [0.5, 0.6) is 0 Å². The molecule has 0 aliphatic rings. The summed E-state index contributed by atoms with van der Waals surface area (Å²) < 4.78 is 4.77. The van der Waals surface area contributed by atoms with Crippen molar-refractivity contribution in [3.8, 4) is 0 Å². The number of hydroxylamine groups is 2. The normalized spacial score (nSPS) is 9.50. The van der Waals surface area contributed by atoms with E-state index >= 15 is 0 Å². The molecular weight excluding hydrogens is 134 g/mol. The third-order valence-electron chi connectivity index (χ3n) is 1.01. The van der Waals surface area contributed by atoms with Gasteiger partial charge in [-0.2, -0.15) is 5.06 Å². The summed E-state index contributed by atoms with van der Waals surface area (Å²) in [6.07, 6.45) is 0.295. The summed E-state index contributed by atoms with van der Waals surface area (Å²) in [5.41, 5.74) is 0. The predicted molar refractivity (Wildman–Crippen MR) is 35.4 cm³/mol. The minimum Gasteiger partial charge on any atom is -0.359 e. The van der Waals surface area contributed by atoms with Crippen molar-refractivity contribution >= 4 is 5.91 Å². The molecule has 0 aromatic heterocycles. The molecule has 0 aromatic rings. The number of amides is 1. The van der Waals surface area contributed by atoms with Crippen molar-refractivity contribution in [3.05, 3.63) is 0 Å². The van der Waals surface area contributed by atoms with Crippen molar-refractivity contribution in [2.45, 2.75) is 20.3 Å². The molecule has 0 bridgehead atoms. The summed E-state index contributed by atoms with van der Waals surface area (Å²) in [6.45, 7) is 3.93. The first-order valence-electron chi connectivity index (χ1n) is 3.29. The van der Waals surface area contributed by atoms with E-state index in [-0.39, 0.29) is 12.6 Å². The fourth-order valence-electron chi connectivity index (χ4n) is 0.432. The van der Waals surface area contributed by atoms with Gasteiger partial charge in [-0.1, -0.05) is 6.92 Å². The predicted octanol–water partition coefficient (Wildman–Crippen LogP) is 0.608. The Labute approximate surface area is 60.3 Å². The highest BCUT2D eigenvalue weighted by Gasteiger charge is 2.05. The molecule has 1 amide bonds. The van der Waals surface area contributed by atoms with Crippen LogP contribution in [0.2, 0.25) is 0 Å². The Bertz CT molecular complexity index is 105. The van der Waals surface area contributed by atoms with E-state index in [2.05, 4.69) is 0 Å². The lowest BCUT2D eigenvalue weighted by atomic mass is 10.5. The van der Waals surface area contributed by atoms with Gasteiger partial charge in [0.15, 0.2) is 0 Å². The average Bonchev–Trinajstić information content (AvgIpc) is 1.98. The Morgan fingerprint density at radius 1 is 1.60 bits per heavy atom. The Balaban J connectivity index is 3.41. The molecule has 0 fully saturated rings. The molecule has 0 atom stereocenters. The molecule has 0 aliphatic carbocycles. The van der Waals surface area contributed by atoms with Crippen molar-refractivity contribution < 1.29 is 14.7 Å². The number of carbonyl (C=O) groups is 1. The highest BCUT2D eigenvalue weighted by molar-refractivity contribution is 5.74. The second-order valence-corrected chi connectivity index (χ2v) is 1.77. The van der Waals surface area contributed by atoms with Gasteiger partial charge in [-0.3, -0.25) is 10.0 Å². The van der Waals surface area contributed by atoms with Crippen LogP contribution < -0.4 is 0 Å². The molecule has 0 aromatic carbocycles. The molecule has 1 N–H and O–H groups in total. The summed E-state index contributed by atoms with van der Waals surface area (Å²) in [7, 11) is 0. The van der Waals surface area contributed by atoms with Crippen LogP contribution in [-0.2, 0) is 9.53 Å². The first-order chi connectivity index (χ1) is 4.72. The third kappa shape index (κ3) is 3.42. The van der Waals surface area contributed by atoms with Crippen molar-refractivity contribution in [2.75, 3.05) is 13.3 Å². The zero-order chi connectivity index (χ0) is 7.98. The van der Waals surface area contributed by atoms with E-state index in [1.807, 2.05) is 0 Å². The van der Waals surface area contributed by atoms with Gasteiger partial charge >= 0.3 is 0 Å². The smallest absolute Gasteiger partial charge is 0.247 e. The van der Waals surface area contributed by atoms with Gasteiger partial charge in [-0.25, -0.2) is 0 Å². The Hall–Kier alpha value is -0.610. The van der Waals surface area contributed by atoms with Gasteiger partial charge in [0.1, 0.15) is 6.73 Å². The van der Waals surface area contributed by atoms with Crippen LogP contribution in [0.4, 0.5) is 0 Å². The van der Waals surface area contributed by atoms with Gasteiger partial charge in [0.05, 0.1) is 0 Å². The van der Waals surface area contributed by atoms with Crippen molar-refractivity contribution in [1.82, 2.24) is 5.06 Å². The fourth-order valence-corrected chi connectivity index (χ4v) is 0.432. The second-order valence-electron chi connectivity index (χ2n) is 1.77. The van der Waals surface area contributed by atoms with Crippen LogP contribution in [0.1, 0.15) is 20.3 Å². The van der Waals surface area contributed by atoms with Crippen LogP contribution in [0, 0.1) is 0 Å². The highest BCUT2D eigenvalue weighted by atomic mass is 16.6. The second kappa shape index (κ2) is 5.20. The highest BCUT2D eigenvalue weighted by Crippen LogP contribution is 1.88. The number of ether oxygens (including phenoxy) is 1. The largest absolute Gasteiger partial charge is 0.359 e. The lowest BCUT2D eigenvalue weighted by Crippen LogP contribution is -2.28. The first-order valence-corrected chi connectivity index (χ1v) is 3.29. The molecule has 0 heterocycles. The molecule has 0 radical (unpaired) electrons. The molecule has 0 aliphatic heterocycles. The van der Waals surface area contributed by atoms with E-state index in [0.29, 0.717) is 18.1 Å². The summed E-state index contributed by atoms with van der Waals surface area (Å²) in [6, 6.07) is 0. The number of nitrogens with zero attached hydrogens (tertiary/aromatic N) is 1. The fraction of sp³-hybridized carbons (Fsp3) is 0.833. The molecule has 10 heavy (non-hydrogen) atoms. The van der Waals surface area contributed by atoms with E-state index in [1.54, 1.807) is 13.8 Å². The van der Waals surface area contributed by atoms with Crippen LogP contribution in [-0.4, -0.2) is 29.5 Å². The maximum absolute atomic E-state index is 10.6. The molecule has 0 spiro atoms. The monoisotopic (exact) mass is 147 g/mol. The Morgan fingerprint density at radius 3 is 2.60 bits per heavy atom. The van der Waals surface area contributed by atoms with Gasteiger partial charge in [0, 0.05) is 13.0 Å². The van der Waals surface area contributed by atoms with E-state index < -0.39 is 0 Å². The Morgan fingerprint density at radius 2 is 2.20 bits per heavy atom. The van der Waals surface area contributed by atoms with E-state index in [0.717, 1.165) is 0 Å².